The Labute approximate surface area is 92.5 Å². The van der Waals surface area contributed by atoms with Crippen LogP contribution in [0.25, 0.3) is 0 Å². The Morgan fingerprint density at radius 2 is 1.93 bits per heavy atom. The molecule has 0 aromatic heterocycles. The van der Waals surface area contributed by atoms with E-state index < -0.39 is 5.97 Å². The van der Waals surface area contributed by atoms with Crippen molar-refractivity contribution in [3.05, 3.63) is 0 Å². The summed E-state index contributed by atoms with van der Waals surface area (Å²) < 4.78 is 0. The molecule has 0 spiro atoms. The molecule has 0 saturated carbocycles. The Kier molecular flexibility index (Phi) is 4.58. The van der Waals surface area contributed by atoms with Crippen LogP contribution < -0.4 is 0 Å². The topological polar surface area (TPSA) is 40.5 Å². The van der Waals surface area contributed by atoms with Gasteiger partial charge in [0.15, 0.2) is 0 Å². The van der Waals surface area contributed by atoms with Crippen LogP contribution in [0.1, 0.15) is 40.0 Å². The van der Waals surface area contributed by atoms with Crippen molar-refractivity contribution in [1.29, 1.82) is 0 Å². The van der Waals surface area contributed by atoms with Crippen molar-refractivity contribution in [2.24, 2.45) is 11.8 Å². The van der Waals surface area contributed by atoms with Crippen LogP contribution in [0.3, 0.4) is 0 Å². The number of hydrogen-bond donors (Lipinski definition) is 1. The molecule has 0 bridgehead atoms. The lowest BCUT2D eigenvalue weighted by molar-refractivity contribution is -0.137. The van der Waals surface area contributed by atoms with Gasteiger partial charge in [0.25, 0.3) is 0 Å². The second-order valence-electron chi connectivity index (χ2n) is 5.18. The van der Waals surface area contributed by atoms with Crippen molar-refractivity contribution < 1.29 is 9.90 Å². The summed E-state index contributed by atoms with van der Waals surface area (Å²) >= 11 is 0. The summed E-state index contributed by atoms with van der Waals surface area (Å²) in [5.74, 6) is 0.821. The summed E-state index contributed by atoms with van der Waals surface area (Å²) in [5, 5.41) is 8.65. The molecule has 1 heterocycles. The van der Waals surface area contributed by atoms with Crippen molar-refractivity contribution in [2.75, 3.05) is 13.1 Å². The number of likely N-dealkylation sites (tertiary alicyclic amines) is 1. The zero-order valence-corrected chi connectivity index (χ0v) is 10.1. The first-order chi connectivity index (χ1) is 6.99. The lowest BCUT2D eigenvalue weighted by atomic mass is 9.90. The van der Waals surface area contributed by atoms with E-state index in [4.69, 9.17) is 5.11 Å². The van der Waals surface area contributed by atoms with E-state index in [1.54, 1.807) is 0 Å². The van der Waals surface area contributed by atoms with Crippen molar-refractivity contribution in [1.82, 2.24) is 4.90 Å². The Bertz CT molecular complexity index is 208. The summed E-state index contributed by atoms with van der Waals surface area (Å²) in [6, 6.07) is 0.409. The molecule has 1 fully saturated rings. The highest BCUT2D eigenvalue weighted by molar-refractivity contribution is 5.66. The molecule has 1 N–H and O–H groups in total. The fourth-order valence-electron chi connectivity index (χ4n) is 2.59. The molecule has 1 rings (SSSR count). The van der Waals surface area contributed by atoms with Crippen LogP contribution in [-0.4, -0.2) is 35.1 Å². The van der Waals surface area contributed by atoms with Gasteiger partial charge in [0.1, 0.15) is 0 Å². The number of aliphatic carboxylic acids is 1. The van der Waals surface area contributed by atoms with E-state index >= 15 is 0 Å². The van der Waals surface area contributed by atoms with Crippen molar-refractivity contribution in [3.8, 4) is 0 Å². The first-order valence-corrected chi connectivity index (χ1v) is 5.95. The third-order valence-corrected chi connectivity index (χ3v) is 3.30. The molecule has 1 saturated heterocycles. The van der Waals surface area contributed by atoms with E-state index in [2.05, 4.69) is 25.7 Å². The summed E-state index contributed by atoms with van der Waals surface area (Å²) in [6.07, 6.45) is 2.37. The van der Waals surface area contributed by atoms with Crippen LogP contribution in [0.15, 0.2) is 0 Å². The van der Waals surface area contributed by atoms with Gasteiger partial charge >= 0.3 is 5.97 Å². The Balaban J connectivity index is 2.37. The van der Waals surface area contributed by atoms with Gasteiger partial charge in [0, 0.05) is 25.6 Å². The number of carboxylic acids is 1. The van der Waals surface area contributed by atoms with Gasteiger partial charge < -0.3 is 10.0 Å². The monoisotopic (exact) mass is 213 g/mol. The van der Waals surface area contributed by atoms with Gasteiger partial charge in [-0.2, -0.15) is 0 Å². The first-order valence-electron chi connectivity index (χ1n) is 5.95. The van der Waals surface area contributed by atoms with Crippen LogP contribution in [-0.2, 0) is 4.79 Å². The maximum Gasteiger partial charge on any atom is 0.303 e. The SMILES string of the molecule is CC1CC(C)CN(C(C)CCC(=O)O)C1. The number of hydrogen-bond acceptors (Lipinski definition) is 2. The van der Waals surface area contributed by atoms with Crippen LogP contribution in [0.4, 0.5) is 0 Å². The second-order valence-corrected chi connectivity index (χ2v) is 5.18. The van der Waals surface area contributed by atoms with E-state index in [-0.39, 0.29) is 0 Å². The number of carboxylic acid groups (broad SMARTS) is 1. The molecular formula is C12H23NO2. The van der Waals surface area contributed by atoms with Crippen molar-refractivity contribution in [3.63, 3.8) is 0 Å². The lowest BCUT2D eigenvalue weighted by Crippen LogP contribution is -2.44. The molecule has 1 aliphatic heterocycles. The fourth-order valence-corrected chi connectivity index (χ4v) is 2.59. The molecule has 0 aliphatic carbocycles. The van der Waals surface area contributed by atoms with E-state index in [1.165, 1.54) is 6.42 Å². The summed E-state index contributed by atoms with van der Waals surface area (Å²) in [6.45, 7) is 8.98. The molecule has 0 amide bonds. The summed E-state index contributed by atoms with van der Waals surface area (Å²) in [4.78, 5) is 12.9. The van der Waals surface area contributed by atoms with Crippen molar-refractivity contribution in [2.45, 2.75) is 46.1 Å². The highest BCUT2D eigenvalue weighted by Gasteiger charge is 2.25. The molecule has 0 radical (unpaired) electrons. The maximum absolute atomic E-state index is 10.5. The molecule has 3 unspecified atom stereocenters. The third-order valence-electron chi connectivity index (χ3n) is 3.30. The van der Waals surface area contributed by atoms with Crippen LogP contribution >= 0.6 is 0 Å². The van der Waals surface area contributed by atoms with Gasteiger partial charge in [0.2, 0.25) is 0 Å². The Morgan fingerprint density at radius 3 is 2.40 bits per heavy atom. The predicted octanol–water partition coefficient (Wildman–Crippen LogP) is 2.22. The molecule has 0 aromatic carbocycles. The van der Waals surface area contributed by atoms with Crippen LogP contribution in [0.5, 0.6) is 0 Å². The fraction of sp³-hybridized carbons (Fsp3) is 0.917. The van der Waals surface area contributed by atoms with Crippen LogP contribution in [0.2, 0.25) is 0 Å². The minimum Gasteiger partial charge on any atom is -0.481 e. The van der Waals surface area contributed by atoms with E-state index in [9.17, 15) is 4.79 Å². The van der Waals surface area contributed by atoms with E-state index in [1.807, 2.05) is 0 Å². The molecule has 88 valence electrons. The predicted molar refractivity (Wildman–Crippen MR) is 60.8 cm³/mol. The minimum atomic E-state index is -0.681. The molecular weight excluding hydrogens is 190 g/mol. The van der Waals surface area contributed by atoms with Gasteiger partial charge in [-0.25, -0.2) is 0 Å². The molecule has 3 nitrogen and oxygen atoms in total. The molecule has 1 aliphatic rings. The normalized spacial score (nSPS) is 30.1. The molecule has 15 heavy (non-hydrogen) atoms. The quantitative estimate of drug-likeness (QED) is 0.778. The maximum atomic E-state index is 10.5. The van der Waals surface area contributed by atoms with E-state index in [0.29, 0.717) is 12.5 Å². The zero-order valence-electron chi connectivity index (χ0n) is 10.1. The van der Waals surface area contributed by atoms with Gasteiger partial charge in [-0.1, -0.05) is 13.8 Å². The Morgan fingerprint density at radius 1 is 1.40 bits per heavy atom. The minimum absolute atomic E-state index is 0.292. The second kappa shape index (κ2) is 5.50. The van der Waals surface area contributed by atoms with E-state index in [0.717, 1.165) is 31.3 Å². The average molecular weight is 213 g/mol. The largest absolute Gasteiger partial charge is 0.481 e. The highest BCUT2D eigenvalue weighted by atomic mass is 16.4. The standard InChI is InChI=1S/C12H23NO2/c1-9-6-10(2)8-13(7-9)11(3)4-5-12(14)15/h9-11H,4-8H2,1-3H3,(H,14,15). The highest BCUT2D eigenvalue weighted by Crippen LogP contribution is 2.23. The average Bonchev–Trinajstić information content (AvgIpc) is 2.12. The smallest absolute Gasteiger partial charge is 0.303 e. The molecule has 3 atom stereocenters. The molecule has 3 heteroatoms. The third kappa shape index (κ3) is 4.20. The first kappa shape index (κ1) is 12.5. The number of nitrogens with zero attached hydrogens (tertiary/aromatic N) is 1. The number of carbonyl (C=O) groups is 1. The lowest BCUT2D eigenvalue weighted by Gasteiger charge is -2.38. The van der Waals surface area contributed by atoms with Gasteiger partial charge in [0.05, 0.1) is 0 Å². The zero-order chi connectivity index (χ0) is 11.4. The number of rotatable bonds is 4. The van der Waals surface area contributed by atoms with Crippen LogP contribution in [0, 0.1) is 11.8 Å². The van der Waals surface area contributed by atoms with Gasteiger partial charge in [-0.3, -0.25) is 4.79 Å². The van der Waals surface area contributed by atoms with Gasteiger partial charge in [-0.05, 0) is 31.6 Å². The summed E-state index contributed by atoms with van der Waals surface area (Å²) in [5.41, 5.74) is 0. The Hall–Kier alpha value is -0.570. The molecule has 0 aromatic rings. The number of piperidine rings is 1. The van der Waals surface area contributed by atoms with Gasteiger partial charge in [-0.15, -0.1) is 0 Å². The van der Waals surface area contributed by atoms with Crippen molar-refractivity contribution >= 4 is 5.97 Å². The summed E-state index contributed by atoms with van der Waals surface area (Å²) in [7, 11) is 0.